The predicted octanol–water partition coefficient (Wildman–Crippen LogP) is 5.49. The maximum Gasteiger partial charge on any atom is 0.0349 e. The second-order valence-electron chi connectivity index (χ2n) is 8.27. The first kappa shape index (κ1) is 17.1. The number of benzene rings is 1. The van der Waals surface area contributed by atoms with Crippen molar-refractivity contribution in [3.63, 3.8) is 0 Å². The van der Waals surface area contributed by atoms with Gasteiger partial charge in [-0.2, -0.15) is 0 Å². The third-order valence-electron chi connectivity index (χ3n) is 4.61. The Morgan fingerprint density at radius 3 is 2.00 bits per heavy atom. The number of nitrogen functional groups attached to an aromatic ring is 1. The van der Waals surface area contributed by atoms with Crippen molar-refractivity contribution < 1.29 is 0 Å². The van der Waals surface area contributed by atoms with Crippen LogP contribution in [0.3, 0.4) is 0 Å². The van der Waals surface area contributed by atoms with Gasteiger partial charge in [-0.25, -0.2) is 0 Å². The zero-order chi connectivity index (χ0) is 15.7. The molecule has 1 nitrogen and oxygen atoms in total. The summed E-state index contributed by atoms with van der Waals surface area (Å²) in [6.07, 6.45) is 2.34. The van der Waals surface area contributed by atoms with Gasteiger partial charge >= 0.3 is 0 Å². The van der Waals surface area contributed by atoms with E-state index in [0.29, 0.717) is 11.3 Å². The molecule has 20 heavy (non-hydrogen) atoms. The first-order valence-electron chi connectivity index (χ1n) is 7.86. The molecule has 0 radical (unpaired) electrons. The Morgan fingerprint density at radius 2 is 1.60 bits per heavy atom. The lowest BCUT2D eigenvalue weighted by Crippen LogP contribution is -2.23. The summed E-state index contributed by atoms with van der Waals surface area (Å²) in [5, 5.41) is 0. The number of nitrogens with two attached hydrogens (primary N) is 1. The molecule has 1 aromatic rings. The molecule has 0 aliphatic rings. The Kier molecular flexibility index (Phi) is 4.94. The highest BCUT2D eigenvalue weighted by Gasteiger charge is 2.25. The maximum absolute atomic E-state index is 6.24. The van der Waals surface area contributed by atoms with Gasteiger partial charge < -0.3 is 5.73 Å². The molecule has 0 heterocycles. The van der Waals surface area contributed by atoms with Crippen LogP contribution in [0.1, 0.15) is 71.6 Å². The van der Waals surface area contributed by atoms with Crippen molar-refractivity contribution in [3.05, 3.63) is 28.8 Å². The quantitative estimate of drug-likeness (QED) is 0.725. The van der Waals surface area contributed by atoms with Gasteiger partial charge in [0.05, 0.1) is 0 Å². The van der Waals surface area contributed by atoms with E-state index in [9.17, 15) is 0 Å². The van der Waals surface area contributed by atoms with E-state index < -0.39 is 0 Å². The Labute approximate surface area is 126 Å². The number of hydrogen-bond donors (Lipinski definition) is 1. The molecule has 0 aromatic heterocycles. The van der Waals surface area contributed by atoms with Gasteiger partial charge in [0, 0.05) is 5.69 Å². The minimum atomic E-state index is 0.153. The minimum absolute atomic E-state index is 0.153. The van der Waals surface area contributed by atoms with Gasteiger partial charge in [-0.3, -0.25) is 0 Å². The Morgan fingerprint density at radius 1 is 1.05 bits per heavy atom. The lowest BCUT2D eigenvalue weighted by atomic mass is 9.74. The van der Waals surface area contributed by atoms with E-state index in [1.54, 1.807) is 0 Å². The van der Waals surface area contributed by atoms with Gasteiger partial charge in [-0.05, 0) is 52.8 Å². The van der Waals surface area contributed by atoms with Gasteiger partial charge in [0.25, 0.3) is 0 Å². The average molecular weight is 275 g/mol. The molecule has 1 aromatic carbocycles. The highest BCUT2D eigenvalue weighted by molar-refractivity contribution is 5.54. The standard InChI is InChI=1S/C19H33N/c1-9-15(18(3,4)5)10-14-11-16(19(6,7)8)12-17(20)13(14)2/h11-12,15H,9-10,20H2,1-8H3. The van der Waals surface area contributed by atoms with Crippen LogP contribution < -0.4 is 5.73 Å². The second-order valence-corrected chi connectivity index (χ2v) is 8.27. The van der Waals surface area contributed by atoms with Crippen LogP contribution in [0.4, 0.5) is 5.69 Å². The highest BCUT2D eigenvalue weighted by Crippen LogP contribution is 2.35. The molecular weight excluding hydrogens is 242 g/mol. The monoisotopic (exact) mass is 275 g/mol. The van der Waals surface area contributed by atoms with Crippen LogP contribution >= 0.6 is 0 Å². The predicted molar refractivity (Wildman–Crippen MR) is 91.2 cm³/mol. The van der Waals surface area contributed by atoms with Crippen LogP contribution in [0.5, 0.6) is 0 Å². The molecule has 0 saturated heterocycles. The fraction of sp³-hybridized carbons (Fsp3) is 0.684. The van der Waals surface area contributed by atoms with E-state index in [2.05, 4.69) is 67.5 Å². The third-order valence-corrected chi connectivity index (χ3v) is 4.61. The van der Waals surface area contributed by atoms with E-state index in [4.69, 9.17) is 5.73 Å². The van der Waals surface area contributed by atoms with Crippen LogP contribution in [0.15, 0.2) is 12.1 Å². The molecule has 0 aliphatic heterocycles. The first-order valence-corrected chi connectivity index (χ1v) is 7.86. The molecule has 2 N–H and O–H groups in total. The van der Waals surface area contributed by atoms with E-state index in [-0.39, 0.29) is 5.41 Å². The number of rotatable bonds is 3. The van der Waals surface area contributed by atoms with Crippen LogP contribution in [0, 0.1) is 18.3 Å². The van der Waals surface area contributed by atoms with Crippen molar-refractivity contribution in [2.45, 2.75) is 73.6 Å². The Bertz CT molecular complexity index is 458. The van der Waals surface area contributed by atoms with Crippen LogP contribution in [0.25, 0.3) is 0 Å². The summed E-state index contributed by atoms with van der Waals surface area (Å²) in [6.45, 7) is 18.2. The van der Waals surface area contributed by atoms with Crippen molar-refractivity contribution in [2.75, 3.05) is 5.73 Å². The topological polar surface area (TPSA) is 26.0 Å². The molecule has 0 fully saturated rings. The molecule has 0 spiro atoms. The molecule has 1 heteroatoms. The molecular formula is C19H33N. The zero-order valence-corrected chi connectivity index (χ0v) is 14.7. The number of hydrogen-bond acceptors (Lipinski definition) is 1. The van der Waals surface area contributed by atoms with E-state index in [0.717, 1.165) is 12.1 Å². The fourth-order valence-corrected chi connectivity index (χ4v) is 2.77. The fourth-order valence-electron chi connectivity index (χ4n) is 2.77. The van der Waals surface area contributed by atoms with Gasteiger partial charge in [0.1, 0.15) is 0 Å². The summed E-state index contributed by atoms with van der Waals surface area (Å²) in [7, 11) is 0. The highest BCUT2D eigenvalue weighted by atomic mass is 14.6. The van der Waals surface area contributed by atoms with Crippen LogP contribution in [-0.4, -0.2) is 0 Å². The summed E-state index contributed by atoms with van der Waals surface area (Å²) >= 11 is 0. The summed E-state index contributed by atoms with van der Waals surface area (Å²) in [4.78, 5) is 0. The van der Waals surface area contributed by atoms with Gasteiger partial charge in [0.2, 0.25) is 0 Å². The maximum atomic E-state index is 6.24. The molecule has 1 rings (SSSR count). The van der Waals surface area contributed by atoms with Gasteiger partial charge in [-0.1, -0.05) is 61.0 Å². The van der Waals surface area contributed by atoms with Gasteiger partial charge in [-0.15, -0.1) is 0 Å². The molecule has 0 bridgehead atoms. The normalized spacial score (nSPS) is 14.4. The summed E-state index contributed by atoms with van der Waals surface area (Å²) in [6, 6.07) is 4.52. The van der Waals surface area contributed by atoms with Crippen molar-refractivity contribution in [1.29, 1.82) is 0 Å². The van der Waals surface area contributed by atoms with E-state index in [1.807, 2.05) is 0 Å². The molecule has 114 valence electrons. The average Bonchev–Trinajstić information content (AvgIpc) is 2.27. The zero-order valence-electron chi connectivity index (χ0n) is 14.7. The second kappa shape index (κ2) is 5.79. The van der Waals surface area contributed by atoms with Gasteiger partial charge in [0.15, 0.2) is 0 Å². The van der Waals surface area contributed by atoms with Crippen molar-refractivity contribution in [1.82, 2.24) is 0 Å². The summed E-state index contributed by atoms with van der Waals surface area (Å²) in [5.41, 5.74) is 11.7. The van der Waals surface area contributed by atoms with Crippen molar-refractivity contribution >= 4 is 5.69 Å². The van der Waals surface area contributed by atoms with Crippen LogP contribution in [0.2, 0.25) is 0 Å². The van der Waals surface area contributed by atoms with E-state index >= 15 is 0 Å². The number of anilines is 1. The Hall–Kier alpha value is -0.980. The third kappa shape index (κ3) is 4.01. The smallest absolute Gasteiger partial charge is 0.0349 e. The lowest BCUT2D eigenvalue weighted by Gasteiger charge is -2.31. The summed E-state index contributed by atoms with van der Waals surface area (Å²) in [5.74, 6) is 0.691. The molecule has 1 atom stereocenters. The largest absolute Gasteiger partial charge is 0.398 e. The summed E-state index contributed by atoms with van der Waals surface area (Å²) < 4.78 is 0. The molecule has 0 amide bonds. The van der Waals surface area contributed by atoms with Crippen molar-refractivity contribution in [2.24, 2.45) is 11.3 Å². The molecule has 0 saturated carbocycles. The van der Waals surface area contributed by atoms with Crippen LogP contribution in [-0.2, 0) is 11.8 Å². The lowest BCUT2D eigenvalue weighted by molar-refractivity contribution is 0.231. The molecule has 1 unspecified atom stereocenters. The Balaban J connectivity index is 3.21. The minimum Gasteiger partial charge on any atom is -0.398 e. The first-order chi connectivity index (χ1) is 8.96. The SMILES string of the molecule is CCC(Cc1cc(C(C)(C)C)cc(N)c1C)C(C)(C)C. The van der Waals surface area contributed by atoms with Crippen molar-refractivity contribution in [3.8, 4) is 0 Å². The van der Waals surface area contributed by atoms with E-state index in [1.165, 1.54) is 23.1 Å². The molecule has 0 aliphatic carbocycles.